The van der Waals surface area contributed by atoms with Crippen LogP contribution in [-0.4, -0.2) is 36.2 Å². The quantitative estimate of drug-likeness (QED) is 0.329. The minimum absolute atomic E-state index is 0.273. The zero-order valence-corrected chi connectivity index (χ0v) is 20.3. The van der Waals surface area contributed by atoms with Crippen molar-refractivity contribution in [3.05, 3.63) is 112 Å². The van der Waals surface area contributed by atoms with Crippen LogP contribution in [0.4, 0.5) is 5.82 Å². The average molecular weight is 479 g/mol. The van der Waals surface area contributed by atoms with Crippen molar-refractivity contribution in [1.82, 2.24) is 9.88 Å². The van der Waals surface area contributed by atoms with Crippen molar-refractivity contribution in [1.29, 1.82) is 0 Å². The number of aryl methyl sites for hydroxylation is 1. The first kappa shape index (κ1) is 22.8. The smallest absolute Gasteiger partial charge is 0.143 e. The Morgan fingerprint density at radius 3 is 2.64 bits per heavy atom. The number of nitrogens with one attached hydrogen (secondary N) is 1. The summed E-state index contributed by atoms with van der Waals surface area (Å²) < 4.78 is 5.44. The molecule has 1 saturated heterocycles. The van der Waals surface area contributed by atoms with Crippen LogP contribution in [0.5, 0.6) is 0 Å². The summed E-state index contributed by atoms with van der Waals surface area (Å²) in [4.78, 5) is 19.3. The Labute approximate surface area is 211 Å². The molecule has 1 aliphatic carbocycles. The van der Waals surface area contributed by atoms with E-state index in [0.717, 1.165) is 73.5 Å². The monoisotopic (exact) mass is 478 g/mol. The number of hydrogen-bond acceptors (Lipinski definition) is 6. The molecule has 0 radical (unpaired) electrons. The van der Waals surface area contributed by atoms with Gasteiger partial charge in [-0.15, -0.1) is 4.91 Å². The molecule has 2 atom stereocenters. The van der Waals surface area contributed by atoms with Crippen molar-refractivity contribution in [2.45, 2.75) is 31.5 Å². The van der Waals surface area contributed by atoms with Gasteiger partial charge >= 0.3 is 0 Å². The largest absolute Gasteiger partial charge is 0.379 e. The zero-order chi connectivity index (χ0) is 24.3. The molecule has 6 rings (SSSR count). The molecule has 4 aromatic rings. The third kappa shape index (κ3) is 4.62. The maximum atomic E-state index is 12.1. The van der Waals surface area contributed by atoms with Gasteiger partial charge in [-0.2, -0.15) is 0 Å². The molecular formula is C30H30N4O2. The number of nitroso groups, excluding NO2 is 1. The SMILES string of the molecule is O=NC(c1ccc(CN2CCOCC2)cc1)c1cccc2nc(NC3CCc4ccccc43)ccc12. The van der Waals surface area contributed by atoms with Crippen molar-refractivity contribution < 1.29 is 4.74 Å². The van der Waals surface area contributed by atoms with Gasteiger partial charge in [0.05, 0.1) is 24.8 Å². The van der Waals surface area contributed by atoms with E-state index in [-0.39, 0.29) is 6.04 Å². The van der Waals surface area contributed by atoms with Crippen molar-refractivity contribution in [3.8, 4) is 0 Å². The number of nitrogens with zero attached hydrogens (tertiary/aromatic N) is 3. The molecule has 3 aromatic carbocycles. The van der Waals surface area contributed by atoms with Crippen LogP contribution in [0.1, 0.15) is 46.3 Å². The molecule has 1 aliphatic heterocycles. The second-order valence-electron chi connectivity index (χ2n) is 9.68. The highest BCUT2D eigenvalue weighted by Gasteiger charge is 2.23. The second-order valence-corrected chi connectivity index (χ2v) is 9.68. The summed E-state index contributed by atoms with van der Waals surface area (Å²) in [6, 6.07) is 26.6. The summed E-state index contributed by atoms with van der Waals surface area (Å²) >= 11 is 0. The summed E-state index contributed by atoms with van der Waals surface area (Å²) in [5, 5.41) is 8.10. The average Bonchev–Trinajstić information content (AvgIpc) is 3.33. The number of hydrogen-bond donors (Lipinski definition) is 1. The zero-order valence-electron chi connectivity index (χ0n) is 20.3. The number of fused-ring (bicyclic) bond motifs is 2. The molecule has 1 N–H and O–H groups in total. The Bertz CT molecular complexity index is 1370. The first-order valence-electron chi connectivity index (χ1n) is 12.7. The first-order valence-corrected chi connectivity index (χ1v) is 12.7. The lowest BCUT2D eigenvalue weighted by atomic mass is 9.95. The van der Waals surface area contributed by atoms with Gasteiger partial charge in [-0.3, -0.25) is 4.90 Å². The number of benzene rings is 3. The summed E-state index contributed by atoms with van der Waals surface area (Å²) in [5.41, 5.74) is 6.64. The summed E-state index contributed by atoms with van der Waals surface area (Å²) in [7, 11) is 0. The van der Waals surface area contributed by atoms with Gasteiger partial charge in [0, 0.05) is 25.0 Å². The molecule has 0 bridgehead atoms. The van der Waals surface area contributed by atoms with Crippen LogP contribution >= 0.6 is 0 Å². The van der Waals surface area contributed by atoms with Gasteiger partial charge in [-0.25, -0.2) is 4.98 Å². The lowest BCUT2D eigenvalue weighted by Gasteiger charge is -2.26. The Morgan fingerprint density at radius 2 is 1.81 bits per heavy atom. The molecule has 2 aliphatic rings. The van der Waals surface area contributed by atoms with Crippen molar-refractivity contribution in [2.24, 2.45) is 5.18 Å². The topological polar surface area (TPSA) is 66.8 Å². The third-order valence-corrected chi connectivity index (χ3v) is 7.43. The van der Waals surface area contributed by atoms with Gasteiger partial charge in [0.2, 0.25) is 0 Å². The Balaban J connectivity index is 1.23. The van der Waals surface area contributed by atoms with Gasteiger partial charge in [-0.05, 0) is 58.9 Å². The van der Waals surface area contributed by atoms with E-state index in [1.807, 2.05) is 36.4 Å². The van der Waals surface area contributed by atoms with Gasteiger partial charge in [0.15, 0.2) is 0 Å². The molecule has 1 fully saturated rings. The maximum absolute atomic E-state index is 12.1. The van der Waals surface area contributed by atoms with Crippen LogP contribution in [0.2, 0.25) is 0 Å². The standard InChI is InChI=1S/C30H30N4O2/c35-33-30(23-10-8-21(9-11-23)20-34-16-18-36-19-17-34)26-6-3-7-27-25(26)13-15-29(31-27)32-28-14-12-22-4-1-2-5-24(22)28/h1-11,13,15,28,30H,12,14,16-20H2,(H,31,32). The van der Waals surface area contributed by atoms with Crippen LogP contribution in [0.15, 0.2) is 84.0 Å². The van der Waals surface area contributed by atoms with E-state index in [4.69, 9.17) is 9.72 Å². The predicted octanol–water partition coefficient (Wildman–Crippen LogP) is 6.02. The van der Waals surface area contributed by atoms with Crippen LogP contribution < -0.4 is 5.32 Å². The van der Waals surface area contributed by atoms with E-state index < -0.39 is 6.04 Å². The third-order valence-electron chi connectivity index (χ3n) is 7.43. The lowest BCUT2D eigenvalue weighted by molar-refractivity contribution is 0.0342. The van der Waals surface area contributed by atoms with Crippen molar-refractivity contribution >= 4 is 16.7 Å². The minimum Gasteiger partial charge on any atom is -0.379 e. The number of aromatic nitrogens is 1. The van der Waals surface area contributed by atoms with Crippen LogP contribution in [0.25, 0.3) is 10.9 Å². The first-order chi connectivity index (χ1) is 17.8. The molecule has 6 heteroatoms. The Hall–Kier alpha value is -3.61. The molecule has 36 heavy (non-hydrogen) atoms. The fourth-order valence-corrected chi connectivity index (χ4v) is 5.50. The molecule has 2 heterocycles. The van der Waals surface area contributed by atoms with E-state index in [0.29, 0.717) is 0 Å². The van der Waals surface area contributed by atoms with E-state index in [2.05, 4.69) is 57.9 Å². The van der Waals surface area contributed by atoms with E-state index in [1.54, 1.807) is 0 Å². The fourth-order valence-electron chi connectivity index (χ4n) is 5.50. The highest BCUT2D eigenvalue weighted by Crippen LogP contribution is 2.35. The Morgan fingerprint density at radius 1 is 0.972 bits per heavy atom. The lowest BCUT2D eigenvalue weighted by Crippen LogP contribution is -2.35. The minimum atomic E-state index is -0.576. The van der Waals surface area contributed by atoms with Gasteiger partial charge in [0.1, 0.15) is 11.9 Å². The maximum Gasteiger partial charge on any atom is 0.143 e. The van der Waals surface area contributed by atoms with Gasteiger partial charge in [0.25, 0.3) is 0 Å². The highest BCUT2D eigenvalue weighted by molar-refractivity contribution is 5.84. The van der Waals surface area contributed by atoms with Crippen LogP contribution in [-0.2, 0) is 17.7 Å². The molecule has 1 aromatic heterocycles. The molecule has 2 unspecified atom stereocenters. The molecule has 0 amide bonds. The number of pyridine rings is 1. The van der Waals surface area contributed by atoms with Crippen LogP contribution in [0.3, 0.4) is 0 Å². The Kier molecular flexibility index (Phi) is 6.45. The van der Waals surface area contributed by atoms with E-state index >= 15 is 0 Å². The molecular weight excluding hydrogens is 448 g/mol. The summed E-state index contributed by atoms with van der Waals surface area (Å²) in [5.74, 6) is 0.851. The normalized spacial score (nSPS) is 18.6. The number of morpholine rings is 1. The molecule has 6 nitrogen and oxygen atoms in total. The second kappa shape index (κ2) is 10.2. The summed E-state index contributed by atoms with van der Waals surface area (Å²) in [6.45, 7) is 4.37. The fraction of sp³-hybridized carbons (Fsp3) is 0.300. The molecule has 0 spiro atoms. The number of rotatable bonds is 7. The van der Waals surface area contributed by atoms with E-state index in [1.165, 1.54) is 16.7 Å². The van der Waals surface area contributed by atoms with Gasteiger partial charge in [-0.1, -0.05) is 65.8 Å². The van der Waals surface area contributed by atoms with Crippen molar-refractivity contribution in [3.63, 3.8) is 0 Å². The van der Waals surface area contributed by atoms with Crippen molar-refractivity contribution in [2.75, 3.05) is 31.6 Å². The van der Waals surface area contributed by atoms with Gasteiger partial charge < -0.3 is 10.1 Å². The summed E-state index contributed by atoms with van der Waals surface area (Å²) in [6.07, 6.45) is 2.15. The highest BCUT2D eigenvalue weighted by atomic mass is 16.5. The number of anilines is 1. The van der Waals surface area contributed by atoms with E-state index in [9.17, 15) is 4.91 Å². The molecule has 0 saturated carbocycles. The predicted molar refractivity (Wildman–Crippen MR) is 143 cm³/mol. The number of ether oxygens (including phenoxy) is 1. The molecule has 182 valence electrons. The van der Waals surface area contributed by atoms with Crippen LogP contribution in [0, 0.1) is 4.91 Å².